The molecule has 9 nitrogen and oxygen atoms in total. The van der Waals surface area contributed by atoms with Crippen LogP contribution in [0.5, 0.6) is 11.5 Å². The Morgan fingerprint density at radius 3 is 2.46 bits per heavy atom. The second-order valence-electron chi connectivity index (χ2n) is 8.44. The Kier molecular flexibility index (Phi) is 8.37. The molecule has 0 radical (unpaired) electrons. The zero-order valence-electron chi connectivity index (χ0n) is 20.9. The fourth-order valence-corrected chi connectivity index (χ4v) is 5.14. The van der Waals surface area contributed by atoms with Gasteiger partial charge < -0.3 is 24.7 Å². The monoisotopic (exact) mass is 504 g/mol. The molecule has 10 heteroatoms. The standard InChI is InChI=1S/C25H32N2O7S/c1-7-8-11-33-25(30)19-18(15-9-10-16(34-13(2)3)17(12-15)31-5)20(24(29)32-6)23-27(21(19)26)22(28)14(4)35-23/h9-10,12-14,18H,7-8,11,26H2,1-6H3/t14-,18+/m0/s1. The van der Waals surface area contributed by atoms with Gasteiger partial charge in [0.2, 0.25) is 5.91 Å². The maximum absolute atomic E-state index is 13.3. The summed E-state index contributed by atoms with van der Waals surface area (Å²) in [6, 6.07) is 5.15. The SMILES string of the molecule is CCCCOC(=O)C1=C(N)N2C(=O)[C@H](C)SC2=C(C(=O)OC)[C@@H]1c1ccc(OC(C)C)c(OC)c1. The predicted octanol–water partition coefficient (Wildman–Crippen LogP) is 3.44. The first-order valence-corrected chi connectivity index (χ1v) is 12.4. The topological polar surface area (TPSA) is 117 Å². The van der Waals surface area contributed by atoms with Gasteiger partial charge in [0.1, 0.15) is 5.82 Å². The number of fused-ring (bicyclic) bond motifs is 1. The summed E-state index contributed by atoms with van der Waals surface area (Å²) in [5, 5.41) is -0.140. The number of carbonyl (C=O) groups is 3. The molecule has 2 heterocycles. The van der Waals surface area contributed by atoms with Crippen molar-refractivity contribution in [2.24, 2.45) is 5.73 Å². The molecule has 2 aliphatic heterocycles. The maximum Gasteiger partial charge on any atom is 0.338 e. The first-order valence-electron chi connectivity index (χ1n) is 11.5. The van der Waals surface area contributed by atoms with Crippen LogP contribution in [0.2, 0.25) is 0 Å². The van der Waals surface area contributed by atoms with Crippen molar-refractivity contribution in [2.75, 3.05) is 20.8 Å². The number of unbranched alkanes of at least 4 members (excludes halogenated alkanes) is 1. The number of nitrogens with zero attached hydrogens (tertiary/aromatic N) is 1. The molecule has 1 amide bonds. The van der Waals surface area contributed by atoms with Gasteiger partial charge in [0.05, 0.1) is 54.3 Å². The third-order valence-electron chi connectivity index (χ3n) is 5.62. The smallest absolute Gasteiger partial charge is 0.338 e. The lowest BCUT2D eigenvalue weighted by atomic mass is 9.82. The van der Waals surface area contributed by atoms with Crippen LogP contribution in [-0.4, -0.2) is 54.9 Å². The normalized spacial score (nSPS) is 19.7. The highest BCUT2D eigenvalue weighted by Crippen LogP contribution is 2.50. The third-order valence-corrected chi connectivity index (χ3v) is 6.81. The van der Waals surface area contributed by atoms with Gasteiger partial charge >= 0.3 is 11.9 Å². The number of carbonyl (C=O) groups excluding carboxylic acids is 3. The Bertz CT molecular complexity index is 1080. The van der Waals surface area contributed by atoms with Crippen molar-refractivity contribution in [3.05, 3.63) is 45.8 Å². The molecule has 0 aromatic heterocycles. The minimum absolute atomic E-state index is 0.00730. The molecule has 2 atom stereocenters. The molecule has 0 unspecified atom stereocenters. The molecule has 0 spiro atoms. The zero-order chi connectivity index (χ0) is 25.9. The summed E-state index contributed by atoms with van der Waals surface area (Å²) >= 11 is 1.20. The highest BCUT2D eigenvalue weighted by molar-refractivity contribution is 8.04. The lowest BCUT2D eigenvalue weighted by Crippen LogP contribution is -2.40. The summed E-state index contributed by atoms with van der Waals surface area (Å²) in [6.45, 7) is 7.67. The quantitative estimate of drug-likeness (QED) is 0.398. The van der Waals surface area contributed by atoms with Crippen LogP contribution in [0.1, 0.15) is 52.0 Å². The Hall–Kier alpha value is -3.14. The van der Waals surface area contributed by atoms with Crippen LogP contribution in [0.15, 0.2) is 40.2 Å². The summed E-state index contributed by atoms with van der Waals surface area (Å²) in [5.74, 6) is -1.73. The molecule has 190 valence electrons. The van der Waals surface area contributed by atoms with Gasteiger partial charge in [-0.3, -0.25) is 9.69 Å². The number of hydrogen-bond donors (Lipinski definition) is 1. The summed E-state index contributed by atoms with van der Waals surface area (Å²) in [6.07, 6.45) is 1.41. The average molecular weight is 505 g/mol. The molecule has 2 aliphatic rings. The number of methoxy groups -OCH3 is 2. The van der Waals surface area contributed by atoms with E-state index in [4.69, 9.17) is 24.7 Å². The van der Waals surface area contributed by atoms with Gasteiger partial charge in [-0.25, -0.2) is 9.59 Å². The van der Waals surface area contributed by atoms with E-state index in [0.717, 1.165) is 6.42 Å². The van der Waals surface area contributed by atoms with E-state index in [0.29, 0.717) is 28.5 Å². The highest BCUT2D eigenvalue weighted by atomic mass is 32.2. The summed E-state index contributed by atoms with van der Waals surface area (Å²) in [7, 11) is 2.76. The Morgan fingerprint density at radius 1 is 1.14 bits per heavy atom. The van der Waals surface area contributed by atoms with Crippen LogP contribution in [0, 0.1) is 0 Å². The Balaban J connectivity index is 2.24. The Morgan fingerprint density at radius 2 is 1.86 bits per heavy atom. The van der Waals surface area contributed by atoms with Gasteiger partial charge in [0.15, 0.2) is 11.5 Å². The molecular formula is C25H32N2O7S. The van der Waals surface area contributed by atoms with Crippen molar-refractivity contribution >= 4 is 29.6 Å². The van der Waals surface area contributed by atoms with Gasteiger partial charge in [-0.1, -0.05) is 31.2 Å². The second-order valence-corrected chi connectivity index (χ2v) is 9.77. The van der Waals surface area contributed by atoms with Crippen LogP contribution >= 0.6 is 11.8 Å². The van der Waals surface area contributed by atoms with Crippen LogP contribution in [0.3, 0.4) is 0 Å². The van der Waals surface area contributed by atoms with Crippen LogP contribution in [0.4, 0.5) is 0 Å². The van der Waals surface area contributed by atoms with E-state index in [2.05, 4.69) is 0 Å². The van der Waals surface area contributed by atoms with E-state index in [-0.39, 0.29) is 35.6 Å². The minimum atomic E-state index is -0.935. The average Bonchev–Trinajstić information content (AvgIpc) is 3.12. The summed E-state index contributed by atoms with van der Waals surface area (Å²) < 4.78 is 21.9. The van der Waals surface area contributed by atoms with E-state index < -0.39 is 23.1 Å². The number of nitrogens with two attached hydrogens (primary N) is 1. The molecule has 1 fully saturated rings. The van der Waals surface area contributed by atoms with Gasteiger partial charge in [-0.2, -0.15) is 0 Å². The number of rotatable bonds is 9. The highest BCUT2D eigenvalue weighted by Gasteiger charge is 2.49. The lowest BCUT2D eigenvalue weighted by Gasteiger charge is -2.33. The van der Waals surface area contributed by atoms with Gasteiger partial charge in [-0.15, -0.1) is 0 Å². The predicted molar refractivity (Wildman–Crippen MR) is 132 cm³/mol. The molecule has 0 bridgehead atoms. The molecule has 1 aromatic rings. The van der Waals surface area contributed by atoms with Crippen molar-refractivity contribution in [1.82, 2.24) is 4.90 Å². The zero-order valence-corrected chi connectivity index (χ0v) is 21.7. The first-order chi connectivity index (χ1) is 16.7. The number of amides is 1. The molecule has 2 N–H and O–H groups in total. The van der Waals surface area contributed by atoms with Gasteiger partial charge in [0, 0.05) is 0 Å². The number of esters is 2. The molecule has 0 aliphatic carbocycles. The first kappa shape index (κ1) is 26.5. The molecule has 3 rings (SSSR count). The molecule has 1 saturated heterocycles. The summed E-state index contributed by atoms with van der Waals surface area (Å²) in [5.41, 5.74) is 7.15. The van der Waals surface area contributed by atoms with E-state index in [9.17, 15) is 14.4 Å². The molecular weight excluding hydrogens is 472 g/mol. The van der Waals surface area contributed by atoms with Crippen molar-refractivity contribution in [3.63, 3.8) is 0 Å². The van der Waals surface area contributed by atoms with Crippen molar-refractivity contribution in [2.45, 2.75) is 57.8 Å². The maximum atomic E-state index is 13.3. The lowest BCUT2D eigenvalue weighted by molar-refractivity contribution is -0.139. The van der Waals surface area contributed by atoms with Crippen LogP contribution < -0.4 is 15.2 Å². The molecule has 1 aromatic carbocycles. The number of hydrogen-bond acceptors (Lipinski definition) is 9. The van der Waals surface area contributed by atoms with Crippen molar-refractivity contribution < 1.29 is 33.3 Å². The van der Waals surface area contributed by atoms with E-state index in [1.54, 1.807) is 25.1 Å². The van der Waals surface area contributed by atoms with Crippen molar-refractivity contribution in [1.29, 1.82) is 0 Å². The summed E-state index contributed by atoms with van der Waals surface area (Å²) in [4.78, 5) is 40.6. The molecule has 35 heavy (non-hydrogen) atoms. The largest absolute Gasteiger partial charge is 0.493 e. The number of benzene rings is 1. The third kappa shape index (κ3) is 5.12. The number of thioether (sulfide) groups is 1. The van der Waals surface area contributed by atoms with Crippen molar-refractivity contribution in [3.8, 4) is 11.5 Å². The van der Waals surface area contributed by atoms with Gasteiger partial charge in [0.25, 0.3) is 0 Å². The second kappa shape index (κ2) is 11.1. The number of ether oxygens (including phenoxy) is 4. The van der Waals surface area contributed by atoms with E-state index >= 15 is 0 Å². The molecule has 0 saturated carbocycles. The van der Waals surface area contributed by atoms with Gasteiger partial charge in [-0.05, 0) is 44.9 Å². The van der Waals surface area contributed by atoms with E-state index in [1.807, 2.05) is 20.8 Å². The van der Waals surface area contributed by atoms with E-state index in [1.165, 1.54) is 30.9 Å². The van der Waals surface area contributed by atoms with Crippen LogP contribution in [0.25, 0.3) is 0 Å². The Labute approximate surface area is 209 Å². The fraction of sp³-hybridized carbons (Fsp3) is 0.480. The fourth-order valence-electron chi connectivity index (χ4n) is 3.97. The minimum Gasteiger partial charge on any atom is -0.493 e. The van der Waals surface area contributed by atoms with Crippen LogP contribution in [-0.2, 0) is 23.9 Å².